The Morgan fingerprint density at radius 3 is 2.38 bits per heavy atom. The van der Waals surface area contributed by atoms with Crippen molar-refractivity contribution in [1.29, 1.82) is 0 Å². The fourth-order valence-corrected chi connectivity index (χ4v) is 3.25. The van der Waals surface area contributed by atoms with Crippen molar-refractivity contribution in [3.63, 3.8) is 0 Å². The zero-order valence-electron chi connectivity index (χ0n) is 14.3. The normalized spacial score (nSPS) is 19.2. The Morgan fingerprint density at radius 1 is 1.21 bits per heavy atom. The Morgan fingerprint density at radius 2 is 1.83 bits per heavy atom. The molecule has 2 atom stereocenters. The number of ketones is 1. The van der Waals surface area contributed by atoms with Gasteiger partial charge >= 0.3 is 11.9 Å². The fourth-order valence-electron chi connectivity index (χ4n) is 3.25. The van der Waals surface area contributed by atoms with E-state index in [1.54, 1.807) is 0 Å². The standard InChI is InChI=1S/C18H22O6/c1-10-5-6-13-14(7-10)24-9-12(8-11(2)19)15(13)16(17(20)22-3)18(21)23-4/h5-7,12,15-16H,8-9H2,1-4H3. The highest BCUT2D eigenvalue weighted by atomic mass is 16.5. The average molecular weight is 334 g/mol. The van der Waals surface area contributed by atoms with Crippen LogP contribution < -0.4 is 4.74 Å². The Bertz CT molecular complexity index is 635. The number of rotatable bonds is 5. The molecule has 2 rings (SSSR count). The van der Waals surface area contributed by atoms with Gasteiger partial charge in [0.25, 0.3) is 0 Å². The lowest BCUT2D eigenvalue weighted by Crippen LogP contribution is -2.40. The third-order valence-electron chi connectivity index (χ3n) is 4.31. The predicted molar refractivity (Wildman–Crippen MR) is 85.7 cm³/mol. The van der Waals surface area contributed by atoms with Gasteiger partial charge in [0.05, 0.1) is 20.8 Å². The highest BCUT2D eigenvalue weighted by Crippen LogP contribution is 2.44. The highest BCUT2D eigenvalue weighted by Gasteiger charge is 2.45. The number of methoxy groups -OCH3 is 2. The lowest BCUT2D eigenvalue weighted by atomic mass is 9.73. The smallest absolute Gasteiger partial charge is 0.320 e. The first-order valence-electron chi connectivity index (χ1n) is 7.77. The number of hydrogen-bond donors (Lipinski definition) is 0. The van der Waals surface area contributed by atoms with Crippen LogP contribution in [-0.2, 0) is 23.9 Å². The lowest BCUT2D eigenvalue weighted by Gasteiger charge is -2.36. The Kier molecular flexibility index (Phi) is 5.59. The number of hydrogen-bond acceptors (Lipinski definition) is 6. The summed E-state index contributed by atoms with van der Waals surface area (Å²) in [5, 5.41) is 0. The molecule has 0 N–H and O–H groups in total. The van der Waals surface area contributed by atoms with Crippen molar-refractivity contribution in [2.24, 2.45) is 11.8 Å². The second kappa shape index (κ2) is 7.47. The Labute approximate surface area is 141 Å². The van der Waals surface area contributed by atoms with Crippen molar-refractivity contribution in [3.05, 3.63) is 29.3 Å². The molecule has 1 aliphatic rings. The number of ether oxygens (including phenoxy) is 3. The maximum atomic E-state index is 12.3. The van der Waals surface area contributed by atoms with Gasteiger partial charge in [-0.15, -0.1) is 0 Å². The Hall–Kier alpha value is -2.37. The van der Waals surface area contributed by atoms with Gasteiger partial charge in [0.1, 0.15) is 11.5 Å². The molecule has 2 unspecified atom stereocenters. The van der Waals surface area contributed by atoms with Crippen LogP contribution in [0.3, 0.4) is 0 Å². The average Bonchev–Trinajstić information content (AvgIpc) is 2.55. The first-order valence-corrected chi connectivity index (χ1v) is 7.77. The van der Waals surface area contributed by atoms with Gasteiger partial charge in [-0.1, -0.05) is 12.1 Å². The number of Topliss-reactive ketones (excluding diaryl/α,β-unsaturated/α-hetero) is 1. The molecule has 1 aliphatic heterocycles. The minimum absolute atomic E-state index is 0.0300. The van der Waals surface area contributed by atoms with Crippen LogP contribution in [-0.4, -0.2) is 38.5 Å². The molecule has 1 heterocycles. The predicted octanol–water partition coefficient (Wildman–Crippen LogP) is 2.03. The zero-order valence-corrected chi connectivity index (χ0v) is 14.3. The summed E-state index contributed by atoms with van der Waals surface area (Å²) in [7, 11) is 2.46. The van der Waals surface area contributed by atoms with Crippen LogP contribution in [0.5, 0.6) is 5.75 Å². The van der Waals surface area contributed by atoms with Crippen LogP contribution in [0, 0.1) is 18.8 Å². The summed E-state index contributed by atoms with van der Waals surface area (Å²) < 4.78 is 15.4. The minimum Gasteiger partial charge on any atom is -0.493 e. The summed E-state index contributed by atoms with van der Waals surface area (Å²) in [6, 6.07) is 5.58. The van der Waals surface area contributed by atoms with Crippen molar-refractivity contribution in [1.82, 2.24) is 0 Å². The maximum Gasteiger partial charge on any atom is 0.320 e. The summed E-state index contributed by atoms with van der Waals surface area (Å²) >= 11 is 0. The van der Waals surface area contributed by atoms with Gasteiger partial charge in [-0.05, 0) is 31.0 Å². The van der Waals surface area contributed by atoms with Crippen LogP contribution in [0.4, 0.5) is 0 Å². The van der Waals surface area contributed by atoms with E-state index in [2.05, 4.69) is 0 Å². The molecule has 0 aliphatic carbocycles. The van der Waals surface area contributed by atoms with Crippen LogP contribution in [0.25, 0.3) is 0 Å². The van der Waals surface area contributed by atoms with E-state index < -0.39 is 23.8 Å². The molecule has 1 aromatic rings. The fraction of sp³-hybridized carbons (Fsp3) is 0.500. The van der Waals surface area contributed by atoms with E-state index in [1.807, 2.05) is 25.1 Å². The number of aryl methyl sites for hydroxylation is 1. The van der Waals surface area contributed by atoms with Gasteiger partial charge in [-0.3, -0.25) is 9.59 Å². The summed E-state index contributed by atoms with van der Waals surface area (Å²) in [5.74, 6) is -2.72. The van der Waals surface area contributed by atoms with Gasteiger partial charge in [0.15, 0.2) is 5.92 Å². The number of fused-ring (bicyclic) bond motifs is 1. The van der Waals surface area contributed by atoms with E-state index in [4.69, 9.17) is 14.2 Å². The van der Waals surface area contributed by atoms with Crippen molar-refractivity contribution >= 4 is 17.7 Å². The van der Waals surface area contributed by atoms with E-state index >= 15 is 0 Å². The molecular weight excluding hydrogens is 312 g/mol. The quantitative estimate of drug-likeness (QED) is 0.605. The van der Waals surface area contributed by atoms with Crippen LogP contribution in [0.2, 0.25) is 0 Å². The molecule has 0 radical (unpaired) electrons. The number of benzene rings is 1. The molecule has 0 fully saturated rings. The van der Waals surface area contributed by atoms with E-state index in [-0.39, 0.29) is 24.7 Å². The monoisotopic (exact) mass is 334 g/mol. The first kappa shape index (κ1) is 18.0. The van der Waals surface area contributed by atoms with Crippen LogP contribution >= 0.6 is 0 Å². The number of carbonyl (C=O) groups excluding carboxylic acids is 3. The molecule has 0 saturated heterocycles. The van der Waals surface area contributed by atoms with Crippen molar-refractivity contribution in [2.75, 3.05) is 20.8 Å². The van der Waals surface area contributed by atoms with E-state index in [9.17, 15) is 14.4 Å². The molecule has 1 aromatic carbocycles. The van der Waals surface area contributed by atoms with E-state index in [0.29, 0.717) is 5.75 Å². The van der Waals surface area contributed by atoms with E-state index in [1.165, 1.54) is 21.1 Å². The van der Waals surface area contributed by atoms with Gasteiger partial charge in [-0.2, -0.15) is 0 Å². The molecular formula is C18H22O6. The second-order valence-electron chi connectivity index (χ2n) is 6.07. The van der Waals surface area contributed by atoms with Gasteiger partial charge in [0, 0.05) is 18.3 Å². The van der Waals surface area contributed by atoms with Crippen molar-refractivity contribution in [2.45, 2.75) is 26.2 Å². The Balaban J connectivity index is 2.54. The lowest BCUT2D eigenvalue weighted by molar-refractivity contribution is -0.161. The van der Waals surface area contributed by atoms with Crippen molar-refractivity contribution in [3.8, 4) is 5.75 Å². The highest BCUT2D eigenvalue weighted by molar-refractivity contribution is 5.96. The molecule has 0 saturated carbocycles. The molecule has 130 valence electrons. The molecule has 0 aromatic heterocycles. The molecule has 24 heavy (non-hydrogen) atoms. The zero-order chi connectivity index (χ0) is 17.9. The third kappa shape index (κ3) is 3.58. The number of esters is 2. The minimum atomic E-state index is -1.13. The third-order valence-corrected chi connectivity index (χ3v) is 4.31. The summed E-state index contributed by atoms with van der Waals surface area (Å²) in [4.78, 5) is 36.2. The van der Waals surface area contributed by atoms with Crippen LogP contribution in [0.15, 0.2) is 18.2 Å². The van der Waals surface area contributed by atoms with Gasteiger partial charge in [-0.25, -0.2) is 0 Å². The molecule has 0 amide bonds. The number of carbonyl (C=O) groups is 3. The molecule has 0 bridgehead atoms. The van der Waals surface area contributed by atoms with Gasteiger partial charge in [0.2, 0.25) is 0 Å². The molecule has 0 spiro atoms. The topological polar surface area (TPSA) is 78.9 Å². The van der Waals surface area contributed by atoms with Gasteiger partial charge < -0.3 is 19.0 Å². The SMILES string of the molecule is COC(=O)C(C(=O)OC)C1c2ccc(C)cc2OCC1CC(C)=O. The molecule has 6 heteroatoms. The molecule has 6 nitrogen and oxygen atoms in total. The maximum absolute atomic E-state index is 12.3. The van der Waals surface area contributed by atoms with Crippen molar-refractivity contribution < 1.29 is 28.6 Å². The second-order valence-corrected chi connectivity index (χ2v) is 6.07. The largest absolute Gasteiger partial charge is 0.493 e. The summed E-state index contributed by atoms with van der Waals surface area (Å²) in [6.45, 7) is 3.66. The van der Waals surface area contributed by atoms with Crippen LogP contribution in [0.1, 0.15) is 30.4 Å². The summed E-state index contributed by atoms with van der Waals surface area (Å²) in [6.07, 6.45) is 0.211. The summed E-state index contributed by atoms with van der Waals surface area (Å²) in [5.41, 5.74) is 1.73. The first-order chi connectivity index (χ1) is 11.4. The van der Waals surface area contributed by atoms with E-state index in [0.717, 1.165) is 11.1 Å².